The van der Waals surface area contributed by atoms with Gasteiger partial charge in [0.25, 0.3) is 0 Å². The van der Waals surface area contributed by atoms with E-state index in [2.05, 4.69) is 48.5 Å². The molecule has 9 atom stereocenters. The van der Waals surface area contributed by atoms with Crippen molar-refractivity contribution in [2.45, 2.75) is 87.2 Å². The Balaban J connectivity index is 0.000000257. The summed E-state index contributed by atoms with van der Waals surface area (Å²) in [7, 11) is 0. The van der Waals surface area contributed by atoms with E-state index in [0.717, 1.165) is 30.4 Å². The highest BCUT2D eigenvalue weighted by molar-refractivity contribution is 7.60. The Morgan fingerprint density at radius 1 is 0.533 bits per heavy atom. The molecular formula is C38H51N3O14S5. The van der Waals surface area contributed by atoms with Crippen molar-refractivity contribution in [3.05, 3.63) is 107 Å². The molecule has 60 heavy (non-hydrogen) atoms. The summed E-state index contributed by atoms with van der Waals surface area (Å²) in [6.07, 6.45) is -7.20. The fourth-order valence-corrected chi connectivity index (χ4v) is 7.98. The molecular weight excluding hydrogens is 883 g/mol. The monoisotopic (exact) mass is 933 g/mol. The summed E-state index contributed by atoms with van der Waals surface area (Å²) in [4.78, 5) is 39.9. The molecule has 0 saturated carbocycles. The highest BCUT2D eigenvalue weighted by atomic mass is 32.1. The number of aliphatic hydroxyl groups is 4. The molecule has 5 saturated heterocycles. The average Bonchev–Trinajstić information content (AvgIpc) is 3.89. The van der Waals surface area contributed by atoms with Crippen LogP contribution in [0.3, 0.4) is 0 Å². The van der Waals surface area contributed by atoms with Crippen molar-refractivity contribution in [2.75, 3.05) is 19.8 Å². The van der Waals surface area contributed by atoms with E-state index in [9.17, 15) is 14.4 Å². The summed E-state index contributed by atoms with van der Waals surface area (Å²) < 4.78 is 34.4. The number of benzene rings is 3. The van der Waals surface area contributed by atoms with Crippen LogP contribution in [0, 0.1) is 0 Å². The number of hydrogen-bond acceptors (Lipinski definition) is 14. The summed E-state index contributed by atoms with van der Waals surface area (Å²) in [6, 6.07) is 26.1. The predicted molar refractivity (Wildman–Crippen MR) is 236 cm³/mol. The summed E-state index contributed by atoms with van der Waals surface area (Å²) in [6.45, 7) is 1.27. The van der Waals surface area contributed by atoms with Crippen LogP contribution < -0.4 is 5.32 Å². The van der Waals surface area contributed by atoms with Crippen molar-refractivity contribution in [2.24, 2.45) is 0 Å². The first-order valence-electron chi connectivity index (χ1n) is 18.0. The lowest BCUT2D eigenvalue weighted by Crippen LogP contribution is -2.58. The SMILES string of the molecule is O=C1N[C@@H](Cc2ccccc2)CO1.O=C1OC[C@@H]2Cc3ccccc3[C@@H]([C@@H]3c4ccccc4C[C@H]4COC(=O)N43)N12.OC1OC2OC(O)C(O)OC2OC1O.S.S.S.S.S. The Morgan fingerprint density at radius 3 is 1.33 bits per heavy atom. The quantitative estimate of drug-likeness (QED) is 0.238. The maximum atomic E-state index is 12.7. The number of amides is 3. The van der Waals surface area contributed by atoms with Crippen LogP contribution in [-0.4, -0.2) is 124 Å². The molecule has 0 aliphatic carbocycles. The summed E-state index contributed by atoms with van der Waals surface area (Å²) >= 11 is 0. The molecule has 7 heterocycles. The van der Waals surface area contributed by atoms with E-state index in [1.807, 2.05) is 64.4 Å². The topological polar surface area (TPSA) is 215 Å². The predicted octanol–water partition coefficient (Wildman–Crippen LogP) is 2.13. The van der Waals surface area contributed by atoms with E-state index in [1.165, 1.54) is 16.7 Å². The molecule has 7 aliphatic heterocycles. The normalized spacial score (nSPS) is 31.2. The van der Waals surface area contributed by atoms with Gasteiger partial charge in [-0.05, 0) is 47.1 Å². The maximum Gasteiger partial charge on any atom is 0.410 e. The number of nitrogens with one attached hydrogen (secondary N) is 1. The number of carbonyl (C=O) groups is 3. The van der Waals surface area contributed by atoms with Gasteiger partial charge < -0.3 is 58.9 Å². The van der Waals surface area contributed by atoms with E-state index >= 15 is 0 Å². The van der Waals surface area contributed by atoms with Crippen LogP contribution in [0.4, 0.5) is 14.4 Å². The minimum absolute atomic E-state index is 0. The number of rotatable bonds is 3. The molecule has 332 valence electrons. The van der Waals surface area contributed by atoms with Crippen molar-refractivity contribution < 1.29 is 68.0 Å². The Morgan fingerprint density at radius 2 is 0.933 bits per heavy atom. The number of aliphatic hydroxyl groups excluding tert-OH is 4. The fraction of sp³-hybridized carbons (Fsp3) is 0.447. The second-order valence-corrected chi connectivity index (χ2v) is 13.9. The van der Waals surface area contributed by atoms with Crippen LogP contribution in [0.2, 0.25) is 0 Å². The molecule has 0 radical (unpaired) electrons. The average molecular weight is 934 g/mol. The fourth-order valence-electron chi connectivity index (χ4n) is 7.98. The summed E-state index contributed by atoms with van der Waals surface area (Å²) in [5.41, 5.74) is 5.85. The van der Waals surface area contributed by atoms with Crippen molar-refractivity contribution in [1.29, 1.82) is 0 Å². The lowest BCUT2D eigenvalue weighted by Gasteiger charge is -2.47. The molecule has 5 N–H and O–H groups in total. The molecule has 3 aromatic carbocycles. The largest absolute Gasteiger partial charge is 0.447 e. The number of alkyl carbamates (subject to hydrolysis) is 1. The highest BCUT2D eigenvalue weighted by Gasteiger charge is 2.53. The second kappa shape index (κ2) is 22.3. The van der Waals surface area contributed by atoms with Gasteiger partial charge in [-0.25, -0.2) is 14.4 Å². The summed E-state index contributed by atoms with van der Waals surface area (Å²) in [5, 5.41) is 38.7. The van der Waals surface area contributed by atoms with Gasteiger partial charge in [0.1, 0.15) is 19.8 Å². The minimum Gasteiger partial charge on any atom is -0.447 e. The number of nitrogens with zero attached hydrogens (tertiary/aromatic N) is 2. The molecule has 4 unspecified atom stereocenters. The third-order valence-electron chi connectivity index (χ3n) is 10.4. The molecule has 0 spiro atoms. The Bertz CT molecular complexity index is 1770. The third kappa shape index (κ3) is 10.7. The van der Waals surface area contributed by atoms with Crippen LogP contribution >= 0.6 is 67.5 Å². The van der Waals surface area contributed by atoms with Gasteiger partial charge in [0.05, 0.1) is 30.2 Å². The smallest absolute Gasteiger partial charge is 0.410 e. The third-order valence-corrected chi connectivity index (χ3v) is 10.4. The number of carbonyl (C=O) groups excluding carboxylic acids is 3. The second-order valence-electron chi connectivity index (χ2n) is 13.9. The molecule has 22 heteroatoms. The molecule has 17 nitrogen and oxygen atoms in total. The zero-order valence-electron chi connectivity index (χ0n) is 31.9. The van der Waals surface area contributed by atoms with Crippen LogP contribution in [0.5, 0.6) is 0 Å². The van der Waals surface area contributed by atoms with E-state index in [-0.39, 0.29) is 116 Å². The first-order valence-corrected chi connectivity index (χ1v) is 18.0. The molecule has 5 fully saturated rings. The van der Waals surface area contributed by atoms with Gasteiger partial charge in [0.15, 0.2) is 0 Å². The molecule has 0 bridgehead atoms. The molecule has 10 rings (SSSR count). The van der Waals surface area contributed by atoms with Gasteiger partial charge in [-0.15, -0.1) is 0 Å². The Labute approximate surface area is 380 Å². The zero-order chi connectivity index (χ0) is 38.2. The van der Waals surface area contributed by atoms with Gasteiger partial charge in [0.2, 0.25) is 37.7 Å². The lowest BCUT2D eigenvalue weighted by atomic mass is 9.78. The van der Waals surface area contributed by atoms with Crippen LogP contribution in [-0.2, 0) is 52.4 Å². The van der Waals surface area contributed by atoms with E-state index < -0.39 is 37.7 Å². The van der Waals surface area contributed by atoms with Gasteiger partial charge >= 0.3 is 18.3 Å². The zero-order valence-corrected chi connectivity index (χ0v) is 36.9. The number of cyclic esters (lactones) is 3. The van der Waals surface area contributed by atoms with Gasteiger partial charge in [-0.2, -0.15) is 67.5 Å². The first-order chi connectivity index (χ1) is 26.6. The minimum atomic E-state index is -1.58. The standard InChI is InChI=1S/C22H20N2O4.C10H11NO2.C6H10O8.5H2S/c25-21-23-15(11-27-21)9-13-5-1-3-7-17(13)19(23)20-18-8-4-2-6-14(18)10-16-12-28-22(26)24(16)20;12-10-11-9(7-13-10)6-8-4-2-1-3-5-8;7-1-2(8)12-6-5(11-1)13-3(9)4(10)14-6;;;;;/h1-8,15-16,19-20H,9-12H2;1-5,9H,6-7H2,(H,11,12);1-10H;5*1H2/t15-,16-,19-,20-;9-;;;;;;/m00....../s1. The number of fused-ring (bicyclic) bond motifs is 5. The molecule has 3 aromatic rings. The number of ether oxygens (including phenoxy) is 7. The van der Waals surface area contributed by atoms with E-state index in [4.69, 9.17) is 34.6 Å². The maximum absolute atomic E-state index is 12.7. The lowest BCUT2D eigenvalue weighted by molar-refractivity contribution is -0.494. The van der Waals surface area contributed by atoms with Gasteiger partial charge in [0, 0.05) is 0 Å². The highest BCUT2D eigenvalue weighted by Crippen LogP contribution is 2.50. The summed E-state index contributed by atoms with van der Waals surface area (Å²) in [5.74, 6) is 0. The van der Waals surface area contributed by atoms with Gasteiger partial charge in [-0.3, -0.25) is 9.80 Å². The van der Waals surface area contributed by atoms with Crippen LogP contribution in [0.1, 0.15) is 39.9 Å². The van der Waals surface area contributed by atoms with E-state index in [0.29, 0.717) is 19.8 Å². The first kappa shape index (κ1) is 51.3. The van der Waals surface area contributed by atoms with Crippen molar-refractivity contribution in [3.63, 3.8) is 0 Å². The van der Waals surface area contributed by atoms with Crippen molar-refractivity contribution in [3.8, 4) is 0 Å². The number of hydrogen-bond donors (Lipinski definition) is 5. The van der Waals surface area contributed by atoms with Gasteiger partial charge in [-0.1, -0.05) is 78.9 Å². The molecule has 7 aliphatic rings. The van der Waals surface area contributed by atoms with Crippen molar-refractivity contribution >= 4 is 85.8 Å². The molecule has 0 aromatic heterocycles. The van der Waals surface area contributed by atoms with Crippen LogP contribution in [0.25, 0.3) is 0 Å². The Kier molecular flexibility index (Phi) is 19.1. The van der Waals surface area contributed by atoms with Crippen molar-refractivity contribution in [1.82, 2.24) is 15.1 Å². The Hall–Kier alpha value is -3.10. The molecule has 3 amide bonds. The van der Waals surface area contributed by atoms with E-state index in [1.54, 1.807) is 0 Å². The van der Waals surface area contributed by atoms with Crippen LogP contribution in [0.15, 0.2) is 78.9 Å².